The summed E-state index contributed by atoms with van der Waals surface area (Å²) in [6, 6.07) is 7.25. The average molecular weight is 261 g/mol. The van der Waals surface area contributed by atoms with Crippen molar-refractivity contribution >= 4 is 22.6 Å². The Morgan fingerprint density at radius 1 is 1.42 bits per heavy atom. The van der Waals surface area contributed by atoms with Gasteiger partial charge in [-0.05, 0) is 13.0 Å². The van der Waals surface area contributed by atoms with Crippen molar-refractivity contribution < 1.29 is 14.6 Å². The van der Waals surface area contributed by atoms with Crippen molar-refractivity contribution in [1.82, 2.24) is 10.2 Å². The van der Waals surface area contributed by atoms with Gasteiger partial charge < -0.3 is 15.2 Å². The van der Waals surface area contributed by atoms with E-state index in [2.05, 4.69) is 15.5 Å². The zero-order valence-corrected chi connectivity index (χ0v) is 10.8. The highest BCUT2D eigenvalue weighted by Gasteiger charge is 2.17. The minimum Gasteiger partial charge on any atom is -0.476 e. The molecule has 2 rings (SSSR count). The molecule has 1 aromatic heterocycles. The smallest absolute Gasteiger partial charge is 0.358 e. The number of methoxy groups -OCH3 is 1. The van der Waals surface area contributed by atoms with Crippen LogP contribution >= 0.6 is 0 Å². The van der Waals surface area contributed by atoms with Crippen LogP contribution in [0.5, 0.6) is 0 Å². The predicted molar refractivity (Wildman–Crippen MR) is 71.5 cm³/mol. The number of carboxylic acids is 1. The molecule has 6 nitrogen and oxygen atoms in total. The number of nitrogens with one attached hydrogen (secondary N) is 1. The number of fused-ring (bicyclic) bond motifs is 1. The number of aromatic carboxylic acids is 1. The van der Waals surface area contributed by atoms with Crippen LogP contribution in [0.2, 0.25) is 0 Å². The van der Waals surface area contributed by atoms with Crippen LogP contribution in [-0.2, 0) is 4.74 Å². The van der Waals surface area contributed by atoms with E-state index in [1.807, 2.05) is 25.1 Å². The van der Waals surface area contributed by atoms with Crippen LogP contribution in [-0.4, -0.2) is 41.0 Å². The molecule has 1 aromatic carbocycles. The van der Waals surface area contributed by atoms with Crippen molar-refractivity contribution in [3.05, 3.63) is 30.0 Å². The number of carboxylic acid groups (broad SMARTS) is 1. The van der Waals surface area contributed by atoms with Gasteiger partial charge in [-0.2, -0.15) is 0 Å². The van der Waals surface area contributed by atoms with E-state index in [1.165, 1.54) is 0 Å². The molecule has 0 aliphatic rings. The predicted octanol–water partition coefficient (Wildman–Crippen LogP) is 1.77. The molecular weight excluding hydrogens is 246 g/mol. The fraction of sp³-hybridized carbons (Fsp3) is 0.308. The van der Waals surface area contributed by atoms with Crippen molar-refractivity contribution in [1.29, 1.82) is 0 Å². The van der Waals surface area contributed by atoms with E-state index < -0.39 is 5.97 Å². The molecular formula is C13H15N3O3. The normalized spacial score (nSPS) is 12.3. The summed E-state index contributed by atoms with van der Waals surface area (Å²) in [5, 5.41) is 20.7. The Labute approximate surface area is 110 Å². The zero-order valence-electron chi connectivity index (χ0n) is 10.8. The molecule has 0 radical (unpaired) electrons. The summed E-state index contributed by atoms with van der Waals surface area (Å²) in [7, 11) is 1.60. The molecule has 6 heteroatoms. The van der Waals surface area contributed by atoms with Crippen LogP contribution in [0.3, 0.4) is 0 Å². The minimum absolute atomic E-state index is 0.0318. The molecule has 0 bridgehead atoms. The van der Waals surface area contributed by atoms with Crippen molar-refractivity contribution in [2.24, 2.45) is 0 Å². The quantitative estimate of drug-likeness (QED) is 0.853. The summed E-state index contributed by atoms with van der Waals surface area (Å²) in [6.07, 6.45) is 0. The first-order valence-corrected chi connectivity index (χ1v) is 5.87. The summed E-state index contributed by atoms with van der Waals surface area (Å²) in [6.45, 7) is 2.38. The van der Waals surface area contributed by atoms with E-state index >= 15 is 0 Å². The molecule has 2 aromatic rings. The third-order valence-electron chi connectivity index (χ3n) is 2.68. The topological polar surface area (TPSA) is 84.3 Å². The van der Waals surface area contributed by atoms with Gasteiger partial charge in [0.05, 0.1) is 17.8 Å². The van der Waals surface area contributed by atoms with E-state index in [4.69, 9.17) is 4.74 Å². The number of aromatic nitrogens is 2. The van der Waals surface area contributed by atoms with Gasteiger partial charge in [-0.25, -0.2) is 4.79 Å². The van der Waals surface area contributed by atoms with Crippen molar-refractivity contribution in [3.63, 3.8) is 0 Å². The number of rotatable bonds is 5. The van der Waals surface area contributed by atoms with E-state index in [1.54, 1.807) is 13.2 Å². The minimum atomic E-state index is -1.11. The maximum Gasteiger partial charge on any atom is 0.358 e. The van der Waals surface area contributed by atoms with Crippen LogP contribution in [0.25, 0.3) is 10.9 Å². The molecule has 0 spiro atoms. The Bertz CT molecular complexity index is 601. The highest BCUT2D eigenvalue weighted by molar-refractivity contribution is 6.02. The fourth-order valence-electron chi connectivity index (χ4n) is 1.89. The first kappa shape index (κ1) is 13.2. The summed E-state index contributed by atoms with van der Waals surface area (Å²) in [4.78, 5) is 11.2. The molecule has 0 aliphatic carbocycles. The second-order valence-electron chi connectivity index (χ2n) is 4.25. The lowest BCUT2D eigenvalue weighted by atomic mass is 10.1. The number of benzene rings is 1. The number of hydrogen-bond donors (Lipinski definition) is 2. The van der Waals surface area contributed by atoms with E-state index in [0.717, 1.165) is 5.39 Å². The molecule has 1 atom stereocenters. The first-order chi connectivity index (χ1) is 9.13. The Morgan fingerprint density at radius 2 is 2.16 bits per heavy atom. The van der Waals surface area contributed by atoms with Gasteiger partial charge in [0, 0.05) is 18.5 Å². The summed E-state index contributed by atoms with van der Waals surface area (Å²) in [5.41, 5.74) is 1.05. The molecule has 0 aliphatic heterocycles. The van der Waals surface area contributed by atoms with Crippen LogP contribution < -0.4 is 5.32 Å². The van der Waals surface area contributed by atoms with Crippen LogP contribution in [0.4, 0.5) is 5.69 Å². The van der Waals surface area contributed by atoms with E-state index in [-0.39, 0.29) is 11.7 Å². The number of hydrogen-bond acceptors (Lipinski definition) is 5. The number of carbonyl (C=O) groups is 1. The Hall–Kier alpha value is -2.21. The fourth-order valence-corrected chi connectivity index (χ4v) is 1.89. The Balaban J connectivity index is 2.52. The highest BCUT2D eigenvalue weighted by Crippen LogP contribution is 2.24. The second kappa shape index (κ2) is 5.62. The van der Waals surface area contributed by atoms with Gasteiger partial charge in [-0.1, -0.05) is 18.2 Å². The SMILES string of the molecule is COCC(C)Nc1c(C(=O)O)nnc2ccccc12. The maximum atomic E-state index is 11.2. The number of ether oxygens (including phenoxy) is 1. The Kier molecular flexibility index (Phi) is 3.91. The molecule has 0 fully saturated rings. The third-order valence-corrected chi connectivity index (χ3v) is 2.68. The molecule has 0 amide bonds. The van der Waals surface area contributed by atoms with Gasteiger partial charge in [-0.3, -0.25) is 0 Å². The molecule has 1 unspecified atom stereocenters. The van der Waals surface area contributed by atoms with Crippen molar-refractivity contribution in [2.75, 3.05) is 19.0 Å². The van der Waals surface area contributed by atoms with E-state index in [0.29, 0.717) is 17.8 Å². The van der Waals surface area contributed by atoms with Gasteiger partial charge in [-0.15, -0.1) is 10.2 Å². The monoisotopic (exact) mass is 261 g/mol. The maximum absolute atomic E-state index is 11.2. The van der Waals surface area contributed by atoms with Crippen molar-refractivity contribution in [2.45, 2.75) is 13.0 Å². The van der Waals surface area contributed by atoms with Crippen LogP contribution in [0.15, 0.2) is 24.3 Å². The lowest BCUT2D eigenvalue weighted by Crippen LogP contribution is -2.23. The third kappa shape index (κ3) is 2.79. The molecule has 0 saturated heterocycles. The van der Waals surface area contributed by atoms with Gasteiger partial charge in [0.15, 0.2) is 5.69 Å². The van der Waals surface area contributed by atoms with Crippen LogP contribution in [0, 0.1) is 0 Å². The summed E-state index contributed by atoms with van der Waals surface area (Å²) in [5.74, 6) is -1.11. The largest absolute Gasteiger partial charge is 0.476 e. The molecule has 1 heterocycles. The lowest BCUT2D eigenvalue weighted by Gasteiger charge is -2.16. The van der Waals surface area contributed by atoms with Gasteiger partial charge in [0.1, 0.15) is 0 Å². The van der Waals surface area contributed by atoms with Gasteiger partial charge in [0.25, 0.3) is 0 Å². The zero-order chi connectivity index (χ0) is 13.8. The summed E-state index contributed by atoms with van der Waals surface area (Å²) >= 11 is 0. The van der Waals surface area contributed by atoms with E-state index in [9.17, 15) is 9.90 Å². The van der Waals surface area contributed by atoms with Gasteiger partial charge >= 0.3 is 5.97 Å². The standard InChI is InChI=1S/C13H15N3O3/c1-8(7-19-2)14-11-9-5-3-4-6-10(9)15-16-12(11)13(17)18/h3-6,8H,7H2,1-2H3,(H,14,15)(H,17,18). The Morgan fingerprint density at radius 3 is 2.84 bits per heavy atom. The summed E-state index contributed by atoms with van der Waals surface area (Å²) < 4.78 is 5.04. The first-order valence-electron chi connectivity index (χ1n) is 5.87. The van der Waals surface area contributed by atoms with Crippen molar-refractivity contribution in [3.8, 4) is 0 Å². The number of anilines is 1. The van der Waals surface area contributed by atoms with Crippen LogP contribution in [0.1, 0.15) is 17.4 Å². The molecule has 0 saturated carbocycles. The molecule has 19 heavy (non-hydrogen) atoms. The highest BCUT2D eigenvalue weighted by atomic mass is 16.5. The average Bonchev–Trinajstić information content (AvgIpc) is 2.39. The van der Waals surface area contributed by atoms with Gasteiger partial charge in [0.2, 0.25) is 0 Å². The lowest BCUT2D eigenvalue weighted by molar-refractivity contribution is 0.0690. The number of nitrogens with zero attached hydrogens (tertiary/aromatic N) is 2. The molecule has 2 N–H and O–H groups in total. The second-order valence-corrected chi connectivity index (χ2v) is 4.25. The molecule has 100 valence electrons.